The minimum absolute atomic E-state index is 0.0817. The lowest BCUT2D eigenvalue weighted by Crippen LogP contribution is -2.52. The lowest BCUT2D eigenvalue weighted by Gasteiger charge is -2.35. The first-order valence-electron chi connectivity index (χ1n) is 8.66. The van der Waals surface area contributed by atoms with Crippen LogP contribution in [0.25, 0.3) is 0 Å². The first-order valence-corrected chi connectivity index (χ1v) is 8.66. The highest BCUT2D eigenvalue weighted by Crippen LogP contribution is 2.24. The molecule has 0 aromatic heterocycles. The van der Waals surface area contributed by atoms with Crippen molar-refractivity contribution >= 4 is 17.5 Å². The van der Waals surface area contributed by atoms with Crippen LogP contribution in [0.1, 0.15) is 11.1 Å². The number of rotatable bonds is 6. The van der Waals surface area contributed by atoms with E-state index < -0.39 is 11.9 Å². The summed E-state index contributed by atoms with van der Waals surface area (Å²) in [5, 5.41) is 0. The van der Waals surface area contributed by atoms with Crippen LogP contribution in [0.4, 0.5) is 5.69 Å². The summed E-state index contributed by atoms with van der Waals surface area (Å²) in [5.74, 6) is -0.482. The standard InChI is InChI=1S/C21H23N3O2/c1-2-12-24(18-10-4-3-5-11-18)20(25)15-23-14-17-9-7-6-8-16(17)13-19(23)21(22)26/h2-11,19H,1,12-15H2,(H2,22,26). The molecule has 2 aromatic carbocycles. The van der Waals surface area contributed by atoms with Crippen molar-refractivity contribution in [1.29, 1.82) is 0 Å². The van der Waals surface area contributed by atoms with E-state index in [9.17, 15) is 9.59 Å². The second kappa shape index (κ2) is 7.97. The first-order chi connectivity index (χ1) is 12.6. The number of hydrogen-bond donors (Lipinski definition) is 1. The average Bonchev–Trinajstić information content (AvgIpc) is 2.66. The maximum Gasteiger partial charge on any atom is 0.241 e. The first kappa shape index (κ1) is 17.9. The molecule has 1 aliphatic heterocycles. The second-order valence-electron chi connectivity index (χ2n) is 6.42. The summed E-state index contributed by atoms with van der Waals surface area (Å²) in [4.78, 5) is 28.5. The molecule has 2 N–H and O–H groups in total. The molecule has 1 aliphatic rings. The summed E-state index contributed by atoms with van der Waals surface area (Å²) in [6.07, 6.45) is 2.23. The van der Waals surface area contributed by atoms with Gasteiger partial charge in [-0.2, -0.15) is 0 Å². The molecule has 5 nitrogen and oxygen atoms in total. The number of nitrogens with two attached hydrogens (primary N) is 1. The molecule has 2 aromatic rings. The molecule has 0 bridgehead atoms. The van der Waals surface area contributed by atoms with Gasteiger partial charge in [0.2, 0.25) is 11.8 Å². The van der Waals surface area contributed by atoms with Crippen molar-refractivity contribution in [3.05, 3.63) is 78.4 Å². The molecule has 0 spiro atoms. The minimum Gasteiger partial charge on any atom is -0.368 e. The smallest absolute Gasteiger partial charge is 0.241 e. The molecule has 0 fully saturated rings. The zero-order valence-corrected chi connectivity index (χ0v) is 14.7. The summed E-state index contributed by atoms with van der Waals surface area (Å²) in [5.41, 5.74) is 8.67. The molecule has 0 radical (unpaired) electrons. The molecule has 26 heavy (non-hydrogen) atoms. The van der Waals surface area contributed by atoms with Gasteiger partial charge in [-0.15, -0.1) is 6.58 Å². The van der Waals surface area contributed by atoms with E-state index in [0.717, 1.165) is 16.8 Å². The SMILES string of the molecule is C=CCN(C(=O)CN1Cc2ccccc2CC1C(N)=O)c1ccccc1. The van der Waals surface area contributed by atoms with Crippen LogP contribution in [0.2, 0.25) is 0 Å². The number of para-hydroxylation sites is 1. The fourth-order valence-corrected chi connectivity index (χ4v) is 3.37. The van der Waals surface area contributed by atoms with Crippen molar-refractivity contribution in [2.24, 2.45) is 5.73 Å². The number of carbonyl (C=O) groups excluding carboxylic acids is 2. The van der Waals surface area contributed by atoms with E-state index in [1.807, 2.05) is 59.5 Å². The molecule has 1 unspecified atom stereocenters. The van der Waals surface area contributed by atoms with E-state index in [4.69, 9.17) is 5.73 Å². The lowest BCUT2D eigenvalue weighted by atomic mass is 9.93. The van der Waals surface area contributed by atoms with Crippen molar-refractivity contribution < 1.29 is 9.59 Å². The van der Waals surface area contributed by atoms with E-state index in [2.05, 4.69) is 6.58 Å². The van der Waals surface area contributed by atoms with Gasteiger partial charge in [0, 0.05) is 18.8 Å². The number of carbonyl (C=O) groups is 2. The van der Waals surface area contributed by atoms with Crippen LogP contribution in [-0.2, 0) is 22.6 Å². The molecule has 0 saturated carbocycles. The number of hydrogen-bond acceptors (Lipinski definition) is 3. The van der Waals surface area contributed by atoms with Crippen molar-refractivity contribution in [2.45, 2.75) is 19.0 Å². The summed E-state index contributed by atoms with van der Waals surface area (Å²) >= 11 is 0. The highest BCUT2D eigenvalue weighted by Gasteiger charge is 2.32. The zero-order chi connectivity index (χ0) is 18.5. The molecule has 0 saturated heterocycles. The Morgan fingerprint density at radius 3 is 2.42 bits per heavy atom. The fourth-order valence-electron chi connectivity index (χ4n) is 3.37. The Bertz CT molecular complexity index is 804. The van der Waals surface area contributed by atoms with Crippen molar-refractivity contribution in [1.82, 2.24) is 4.90 Å². The minimum atomic E-state index is -0.477. The molecule has 5 heteroatoms. The normalized spacial score (nSPS) is 16.5. The summed E-state index contributed by atoms with van der Waals surface area (Å²) in [6.45, 7) is 4.82. The molecule has 0 aliphatic carbocycles. The van der Waals surface area contributed by atoms with Crippen LogP contribution in [0, 0.1) is 0 Å². The van der Waals surface area contributed by atoms with Gasteiger partial charge in [0.15, 0.2) is 0 Å². The molecular formula is C21H23N3O2. The number of nitrogens with zero attached hydrogens (tertiary/aromatic N) is 2. The van der Waals surface area contributed by atoms with Gasteiger partial charge in [0.25, 0.3) is 0 Å². The maximum atomic E-state index is 13.0. The Hall–Kier alpha value is -2.92. The van der Waals surface area contributed by atoms with Crippen LogP contribution >= 0.6 is 0 Å². The predicted molar refractivity (Wildman–Crippen MR) is 103 cm³/mol. The monoisotopic (exact) mass is 349 g/mol. The van der Waals surface area contributed by atoms with Gasteiger partial charge in [-0.25, -0.2) is 0 Å². The highest BCUT2D eigenvalue weighted by molar-refractivity contribution is 5.95. The van der Waals surface area contributed by atoms with Crippen LogP contribution in [0.3, 0.4) is 0 Å². The highest BCUT2D eigenvalue weighted by atomic mass is 16.2. The number of anilines is 1. The third-order valence-electron chi connectivity index (χ3n) is 4.69. The number of amides is 2. The van der Waals surface area contributed by atoms with Gasteiger partial charge in [-0.3, -0.25) is 14.5 Å². The number of fused-ring (bicyclic) bond motifs is 1. The molecule has 1 atom stereocenters. The van der Waals surface area contributed by atoms with E-state index >= 15 is 0 Å². The van der Waals surface area contributed by atoms with E-state index in [1.54, 1.807) is 11.0 Å². The second-order valence-corrected chi connectivity index (χ2v) is 6.42. The Morgan fingerprint density at radius 2 is 1.77 bits per heavy atom. The molecule has 1 heterocycles. The number of primary amides is 1. The van der Waals surface area contributed by atoms with Gasteiger partial charge in [-0.05, 0) is 29.7 Å². The maximum absolute atomic E-state index is 13.0. The Kier molecular flexibility index (Phi) is 5.49. The average molecular weight is 349 g/mol. The van der Waals surface area contributed by atoms with Crippen LogP contribution in [0.15, 0.2) is 67.3 Å². The van der Waals surface area contributed by atoms with Crippen LogP contribution in [0.5, 0.6) is 0 Å². The summed E-state index contributed by atoms with van der Waals surface area (Å²) < 4.78 is 0. The predicted octanol–water partition coefficient (Wildman–Crippen LogP) is 2.12. The van der Waals surface area contributed by atoms with Gasteiger partial charge in [0.1, 0.15) is 0 Å². The molecule has 134 valence electrons. The van der Waals surface area contributed by atoms with Gasteiger partial charge < -0.3 is 10.6 Å². The summed E-state index contributed by atoms with van der Waals surface area (Å²) in [6, 6.07) is 17.0. The largest absolute Gasteiger partial charge is 0.368 e. The third kappa shape index (κ3) is 3.83. The Morgan fingerprint density at radius 1 is 1.12 bits per heavy atom. The van der Waals surface area contributed by atoms with Crippen molar-refractivity contribution in [3.63, 3.8) is 0 Å². The van der Waals surface area contributed by atoms with Gasteiger partial charge in [0.05, 0.1) is 12.6 Å². The van der Waals surface area contributed by atoms with Crippen molar-refractivity contribution in [2.75, 3.05) is 18.0 Å². The molecule has 3 rings (SSSR count). The van der Waals surface area contributed by atoms with E-state index in [1.165, 1.54) is 0 Å². The van der Waals surface area contributed by atoms with Gasteiger partial charge in [-0.1, -0.05) is 48.5 Å². The van der Waals surface area contributed by atoms with Crippen LogP contribution in [-0.4, -0.2) is 35.8 Å². The topological polar surface area (TPSA) is 66.6 Å². The summed E-state index contributed by atoms with van der Waals surface area (Å²) in [7, 11) is 0. The number of benzene rings is 2. The van der Waals surface area contributed by atoms with E-state index in [-0.39, 0.29) is 12.5 Å². The molecule has 2 amide bonds. The van der Waals surface area contributed by atoms with Crippen LogP contribution < -0.4 is 10.6 Å². The quantitative estimate of drug-likeness (QED) is 0.813. The zero-order valence-electron chi connectivity index (χ0n) is 14.7. The fraction of sp³-hybridized carbons (Fsp3) is 0.238. The van der Waals surface area contributed by atoms with E-state index in [0.29, 0.717) is 19.5 Å². The van der Waals surface area contributed by atoms with Crippen molar-refractivity contribution in [3.8, 4) is 0 Å². The molecular weight excluding hydrogens is 326 g/mol. The Labute approximate surface area is 153 Å². The van der Waals surface area contributed by atoms with Gasteiger partial charge >= 0.3 is 0 Å². The Balaban J connectivity index is 1.82. The lowest BCUT2D eigenvalue weighted by molar-refractivity contribution is -0.126. The third-order valence-corrected chi connectivity index (χ3v) is 4.69.